The van der Waals surface area contributed by atoms with E-state index in [2.05, 4.69) is 24.4 Å². The van der Waals surface area contributed by atoms with Gasteiger partial charge in [-0.1, -0.05) is 30.3 Å². The number of nitrogens with one attached hydrogen (secondary N) is 1. The lowest BCUT2D eigenvalue weighted by atomic mass is 9.96. The number of halogens is 1. The lowest BCUT2D eigenvalue weighted by Gasteiger charge is -2.13. The van der Waals surface area contributed by atoms with Crippen molar-refractivity contribution in [3.05, 3.63) is 59.4 Å². The molecule has 2 aromatic carbocycles. The topological polar surface area (TPSA) is 12.0 Å². The fourth-order valence-electron chi connectivity index (χ4n) is 2.37. The molecule has 0 bridgehead atoms. The van der Waals surface area contributed by atoms with Crippen molar-refractivity contribution in [1.82, 2.24) is 5.32 Å². The molecule has 98 valence electrons. The lowest BCUT2D eigenvalue weighted by Crippen LogP contribution is -2.16. The number of aryl methyl sites for hydroxylation is 1. The van der Waals surface area contributed by atoms with Gasteiger partial charge in [-0.25, -0.2) is 4.39 Å². The van der Waals surface area contributed by atoms with Gasteiger partial charge in [0, 0.05) is 12.6 Å². The van der Waals surface area contributed by atoms with Crippen molar-refractivity contribution in [2.45, 2.75) is 32.4 Å². The van der Waals surface area contributed by atoms with Crippen molar-refractivity contribution >= 4 is 0 Å². The monoisotopic (exact) mass is 255 g/mol. The zero-order chi connectivity index (χ0) is 13.2. The van der Waals surface area contributed by atoms with Gasteiger partial charge in [-0.05, 0) is 54.2 Å². The summed E-state index contributed by atoms with van der Waals surface area (Å²) < 4.78 is 13.6. The first kappa shape index (κ1) is 12.4. The highest BCUT2D eigenvalue weighted by Gasteiger charge is 2.20. The summed E-state index contributed by atoms with van der Waals surface area (Å²) in [6.07, 6.45) is 2.53. The molecule has 2 aromatic rings. The molecule has 1 saturated carbocycles. The second kappa shape index (κ2) is 5.14. The molecule has 3 rings (SSSR count). The van der Waals surface area contributed by atoms with Crippen LogP contribution in [0.2, 0.25) is 0 Å². The van der Waals surface area contributed by atoms with E-state index in [1.807, 2.05) is 18.2 Å². The van der Waals surface area contributed by atoms with Gasteiger partial charge in [-0.15, -0.1) is 0 Å². The molecule has 0 radical (unpaired) electrons. The van der Waals surface area contributed by atoms with Crippen molar-refractivity contribution in [1.29, 1.82) is 0 Å². The molecule has 0 amide bonds. The van der Waals surface area contributed by atoms with E-state index in [9.17, 15) is 4.39 Å². The molecule has 0 unspecified atom stereocenters. The van der Waals surface area contributed by atoms with Crippen LogP contribution in [0.15, 0.2) is 42.5 Å². The fourth-order valence-corrected chi connectivity index (χ4v) is 2.37. The van der Waals surface area contributed by atoms with Crippen molar-refractivity contribution in [2.75, 3.05) is 0 Å². The largest absolute Gasteiger partial charge is 0.310 e. The van der Waals surface area contributed by atoms with E-state index in [1.165, 1.54) is 24.0 Å². The third kappa shape index (κ3) is 2.85. The van der Waals surface area contributed by atoms with Crippen molar-refractivity contribution < 1.29 is 4.39 Å². The Hall–Kier alpha value is -1.67. The van der Waals surface area contributed by atoms with E-state index in [-0.39, 0.29) is 5.82 Å². The number of hydrogen-bond acceptors (Lipinski definition) is 1. The molecule has 1 aliphatic carbocycles. The molecular formula is C17H18FN. The lowest BCUT2D eigenvalue weighted by molar-refractivity contribution is 0.625. The molecule has 0 heterocycles. The molecule has 0 spiro atoms. The highest BCUT2D eigenvalue weighted by molar-refractivity contribution is 5.70. The maximum absolute atomic E-state index is 13.6. The van der Waals surface area contributed by atoms with E-state index in [1.54, 1.807) is 12.1 Å². The summed E-state index contributed by atoms with van der Waals surface area (Å²) >= 11 is 0. The Kier molecular flexibility index (Phi) is 3.34. The molecule has 1 aliphatic rings. The van der Waals surface area contributed by atoms with Crippen LogP contribution >= 0.6 is 0 Å². The number of hydrogen-bond donors (Lipinski definition) is 1. The third-order valence-corrected chi connectivity index (χ3v) is 3.67. The summed E-state index contributed by atoms with van der Waals surface area (Å²) in [4.78, 5) is 0. The molecule has 0 aromatic heterocycles. The Bertz CT molecular complexity index is 588. The normalized spacial score (nSPS) is 14.6. The molecular weight excluding hydrogens is 237 g/mol. The summed E-state index contributed by atoms with van der Waals surface area (Å²) in [6, 6.07) is 13.9. The molecule has 1 N–H and O–H groups in total. The van der Waals surface area contributed by atoms with Crippen LogP contribution in [0, 0.1) is 12.7 Å². The zero-order valence-electron chi connectivity index (χ0n) is 11.1. The molecule has 0 saturated heterocycles. The van der Waals surface area contributed by atoms with Crippen LogP contribution < -0.4 is 5.32 Å². The highest BCUT2D eigenvalue weighted by atomic mass is 19.1. The highest BCUT2D eigenvalue weighted by Crippen LogP contribution is 2.28. The fraction of sp³-hybridized carbons (Fsp3) is 0.294. The zero-order valence-corrected chi connectivity index (χ0v) is 11.1. The van der Waals surface area contributed by atoms with E-state index in [4.69, 9.17) is 0 Å². The predicted octanol–water partition coefficient (Wildman–Crippen LogP) is 4.05. The first-order chi connectivity index (χ1) is 9.24. The van der Waals surface area contributed by atoms with Gasteiger partial charge >= 0.3 is 0 Å². The maximum Gasteiger partial charge on any atom is 0.123 e. The molecule has 19 heavy (non-hydrogen) atoms. The van der Waals surface area contributed by atoms with Gasteiger partial charge in [0.2, 0.25) is 0 Å². The minimum absolute atomic E-state index is 0.173. The Morgan fingerprint density at radius 2 is 1.89 bits per heavy atom. The van der Waals surface area contributed by atoms with Gasteiger partial charge in [0.1, 0.15) is 5.82 Å². The standard InChI is InChI=1S/C17H18FN/c1-12-4-2-3-5-16(12)17-10-14(18)7-6-13(17)11-19-15-8-9-15/h2-7,10,15,19H,8-9,11H2,1H3. The minimum atomic E-state index is -0.173. The summed E-state index contributed by atoms with van der Waals surface area (Å²) in [6.45, 7) is 2.88. The van der Waals surface area contributed by atoms with E-state index in [0.717, 1.165) is 17.7 Å². The molecule has 0 aliphatic heterocycles. The van der Waals surface area contributed by atoms with Crippen LogP contribution in [0.1, 0.15) is 24.0 Å². The number of benzene rings is 2. The van der Waals surface area contributed by atoms with Gasteiger partial charge in [0.05, 0.1) is 0 Å². The van der Waals surface area contributed by atoms with Crippen LogP contribution in [0.5, 0.6) is 0 Å². The van der Waals surface area contributed by atoms with Crippen molar-refractivity contribution in [3.8, 4) is 11.1 Å². The van der Waals surface area contributed by atoms with E-state index >= 15 is 0 Å². The minimum Gasteiger partial charge on any atom is -0.310 e. The van der Waals surface area contributed by atoms with Crippen molar-refractivity contribution in [2.24, 2.45) is 0 Å². The Morgan fingerprint density at radius 3 is 2.63 bits per heavy atom. The van der Waals surface area contributed by atoms with E-state index in [0.29, 0.717) is 6.04 Å². The average molecular weight is 255 g/mol. The summed E-state index contributed by atoms with van der Waals surface area (Å²) in [5, 5.41) is 3.50. The van der Waals surface area contributed by atoms with E-state index < -0.39 is 0 Å². The first-order valence-corrected chi connectivity index (χ1v) is 6.82. The third-order valence-electron chi connectivity index (χ3n) is 3.67. The van der Waals surface area contributed by atoms with Gasteiger partial charge in [0.15, 0.2) is 0 Å². The maximum atomic E-state index is 13.6. The average Bonchev–Trinajstić information content (AvgIpc) is 3.22. The van der Waals surface area contributed by atoms with Crippen LogP contribution in [-0.2, 0) is 6.54 Å². The quantitative estimate of drug-likeness (QED) is 0.869. The SMILES string of the molecule is Cc1ccccc1-c1cc(F)ccc1CNC1CC1. The molecule has 2 heteroatoms. The van der Waals surface area contributed by atoms with Gasteiger partial charge in [-0.2, -0.15) is 0 Å². The Balaban J connectivity index is 1.97. The van der Waals surface area contributed by atoms with Crippen LogP contribution in [0.4, 0.5) is 4.39 Å². The summed E-state index contributed by atoms with van der Waals surface area (Å²) in [7, 11) is 0. The first-order valence-electron chi connectivity index (χ1n) is 6.82. The second-order valence-corrected chi connectivity index (χ2v) is 5.27. The molecule has 1 nitrogen and oxygen atoms in total. The van der Waals surface area contributed by atoms with Gasteiger partial charge in [0.25, 0.3) is 0 Å². The van der Waals surface area contributed by atoms with Crippen LogP contribution in [-0.4, -0.2) is 6.04 Å². The van der Waals surface area contributed by atoms with Gasteiger partial charge in [-0.3, -0.25) is 0 Å². The van der Waals surface area contributed by atoms with Crippen LogP contribution in [0.25, 0.3) is 11.1 Å². The summed E-state index contributed by atoms with van der Waals surface area (Å²) in [5.41, 5.74) is 4.48. The molecule has 0 atom stereocenters. The Morgan fingerprint density at radius 1 is 1.11 bits per heavy atom. The van der Waals surface area contributed by atoms with Crippen LogP contribution in [0.3, 0.4) is 0 Å². The predicted molar refractivity (Wildman–Crippen MR) is 76.4 cm³/mol. The second-order valence-electron chi connectivity index (χ2n) is 5.27. The summed E-state index contributed by atoms with van der Waals surface area (Å²) in [5.74, 6) is -0.173. The number of rotatable bonds is 4. The Labute approximate surface area is 113 Å². The molecule has 1 fully saturated rings. The van der Waals surface area contributed by atoms with Crippen molar-refractivity contribution in [3.63, 3.8) is 0 Å². The van der Waals surface area contributed by atoms with Gasteiger partial charge < -0.3 is 5.32 Å². The smallest absolute Gasteiger partial charge is 0.123 e.